The van der Waals surface area contributed by atoms with Crippen LogP contribution in [0.25, 0.3) is 22.3 Å². The molecule has 0 saturated heterocycles. The summed E-state index contributed by atoms with van der Waals surface area (Å²) in [5, 5.41) is 14.0. The third kappa shape index (κ3) is 3.30. The van der Waals surface area contributed by atoms with Crippen LogP contribution in [0.2, 0.25) is 0 Å². The second kappa shape index (κ2) is 6.81. The fourth-order valence-electron chi connectivity index (χ4n) is 1.85. The van der Waals surface area contributed by atoms with Crippen molar-refractivity contribution >= 4 is 40.5 Å². The van der Waals surface area contributed by atoms with E-state index in [0.29, 0.717) is 22.7 Å². The first-order valence-electron chi connectivity index (χ1n) is 5.81. The van der Waals surface area contributed by atoms with Crippen molar-refractivity contribution in [2.24, 2.45) is 0 Å². The van der Waals surface area contributed by atoms with E-state index >= 15 is 0 Å². The van der Waals surface area contributed by atoms with Gasteiger partial charge in [-0.15, -0.1) is 5.10 Å². The zero-order valence-electron chi connectivity index (χ0n) is 10.6. The fourth-order valence-corrected chi connectivity index (χ4v) is 1.85. The number of methoxy groups -OCH3 is 1. The van der Waals surface area contributed by atoms with Crippen LogP contribution in [0, 0.1) is 0 Å². The molecule has 0 radical (unpaired) electrons. The van der Waals surface area contributed by atoms with Gasteiger partial charge in [-0.1, -0.05) is 0 Å². The molecule has 2 heterocycles. The Bertz CT molecular complexity index is 787. The second-order valence-electron chi connectivity index (χ2n) is 4.06. The molecule has 0 aliphatic heterocycles. The summed E-state index contributed by atoms with van der Waals surface area (Å²) in [7, 11) is 1.55. The minimum atomic E-state index is -0.262. The number of hydrogen-bond donors (Lipinski definition) is 2. The predicted octanol–water partition coefficient (Wildman–Crippen LogP) is 0.0424. The maximum atomic E-state index is 12.0. The second-order valence-corrected chi connectivity index (χ2v) is 4.06. The number of H-pyrrole nitrogens is 2. The van der Waals surface area contributed by atoms with Crippen LogP contribution in [0.3, 0.4) is 0 Å². The van der Waals surface area contributed by atoms with Crippen LogP contribution in [-0.2, 0) is 4.74 Å². The number of tetrazole rings is 1. The van der Waals surface area contributed by atoms with E-state index in [1.54, 1.807) is 31.4 Å². The van der Waals surface area contributed by atoms with Crippen LogP contribution in [0.4, 0.5) is 0 Å². The van der Waals surface area contributed by atoms with E-state index in [0.717, 1.165) is 5.39 Å². The molecule has 0 fully saturated rings. The summed E-state index contributed by atoms with van der Waals surface area (Å²) in [6.45, 7) is 0.160. The molecule has 0 aliphatic rings. The Balaban J connectivity index is 0.00000161. The summed E-state index contributed by atoms with van der Waals surface area (Å²) in [5.74, 6) is 0.962. The zero-order valence-corrected chi connectivity index (χ0v) is 10.6. The zero-order chi connectivity index (χ0) is 13.9. The van der Waals surface area contributed by atoms with Crippen LogP contribution in [-0.4, -0.2) is 69.1 Å². The molecule has 0 atom stereocenters. The van der Waals surface area contributed by atoms with E-state index in [2.05, 4.69) is 25.6 Å². The average Bonchev–Trinajstić information content (AvgIpc) is 2.98. The summed E-state index contributed by atoms with van der Waals surface area (Å²) in [6, 6.07) is 7.03. The van der Waals surface area contributed by atoms with Gasteiger partial charge in [-0.05, 0) is 34.7 Å². The number of nitrogens with zero attached hydrogens (tertiary/aromatic N) is 3. The Morgan fingerprint density at radius 2 is 2.14 bits per heavy atom. The number of aromatic amines is 2. The average molecular weight is 297 g/mol. The number of pyridine rings is 1. The standard InChI is InChI=1S/C12H11N5O3.Na.H/c1-19-6-20-8-2-3-10-7(4-8)5-9(12(18)13-10)11-14-16-17-15-11;;/h2-5H,6H2,1H3,(H,13,18)(H,14,15,16,17);;. The van der Waals surface area contributed by atoms with Gasteiger partial charge in [0.15, 0.2) is 12.6 Å². The summed E-state index contributed by atoms with van der Waals surface area (Å²) in [4.78, 5) is 14.7. The van der Waals surface area contributed by atoms with Crippen molar-refractivity contribution in [3.05, 3.63) is 34.6 Å². The Kier molecular flexibility index (Phi) is 5.07. The van der Waals surface area contributed by atoms with Crippen molar-refractivity contribution in [1.82, 2.24) is 25.6 Å². The first-order chi connectivity index (χ1) is 9.78. The molecular formula is C12H12N5NaO3. The maximum absolute atomic E-state index is 12.0. The summed E-state index contributed by atoms with van der Waals surface area (Å²) < 4.78 is 10.2. The van der Waals surface area contributed by atoms with Crippen LogP contribution in [0.15, 0.2) is 29.1 Å². The van der Waals surface area contributed by atoms with Gasteiger partial charge in [0.1, 0.15) is 5.75 Å². The molecular weight excluding hydrogens is 285 g/mol. The Morgan fingerprint density at radius 1 is 1.29 bits per heavy atom. The first kappa shape index (κ1) is 15.6. The van der Waals surface area contributed by atoms with Gasteiger partial charge in [-0.3, -0.25) is 4.79 Å². The third-order valence-electron chi connectivity index (χ3n) is 2.76. The number of aromatic nitrogens is 5. The van der Waals surface area contributed by atoms with Crippen molar-refractivity contribution in [2.45, 2.75) is 0 Å². The number of benzene rings is 1. The molecule has 0 aliphatic carbocycles. The minimum absolute atomic E-state index is 0. The molecule has 0 saturated carbocycles. The molecule has 21 heavy (non-hydrogen) atoms. The number of fused-ring (bicyclic) bond motifs is 1. The Morgan fingerprint density at radius 3 is 2.86 bits per heavy atom. The number of hydrogen-bond acceptors (Lipinski definition) is 6. The van der Waals surface area contributed by atoms with Gasteiger partial charge in [-0.2, -0.15) is 0 Å². The molecule has 2 N–H and O–H groups in total. The molecule has 0 bridgehead atoms. The van der Waals surface area contributed by atoms with Crippen molar-refractivity contribution in [2.75, 3.05) is 13.9 Å². The van der Waals surface area contributed by atoms with Gasteiger partial charge in [0.05, 0.1) is 5.56 Å². The number of rotatable bonds is 4. The molecule has 0 spiro atoms. The van der Waals surface area contributed by atoms with Gasteiger partial charge in [0.2, 0.25) is 0 Å². The monoisotopic (exact) mass is 297 g/mol. The van der Waals surface area contributed by atoms with Crippen molar-refractivity contribution in [3.63, 3.8) is 0 Å². The van der Waals surface area contributed by atoms with Crippen LogP contribution in [0.1, 0.15) is 0 Å². The van der Waals surface area contributed by atoms with E-state index in [1.807, 2.05) is 0 Å². The quantitative estimate of drug-likeness (QED) is 0.520. The van der Waals surface area contributed by atoms with Crippen LogP contribution in [0.5, 0.6) is 5.75 Å². The molecule has 104 valence electrons. The van der Waals surface area contributed by atoms with E-state index < -0.39 is 0 Å². The molecule has 8 nitrogen and oxygen atoms in total. The van der Waals surface area contributed by atoms with Gasteiger partial charge in [0.25, 0.3) is 5.56 Å². The summed E-state index contributed by atoms with van der Waals surface area (Å²) in [6.07, 6.45) is 0. The SMILES string of the molecule is COCOc1ccc2[nH]c(=O)c(-c3nnn[nH]3)cc2c1.[NaH]. The summed E-state index contributed by atoms with van der Waals surface area (Å²) >= 11 is 0. The van der Waals surface area contributed by atoms with Gasteiger partial charge >= 0.3 is 29.6 Å². The Labute approximate surface area is 141 Å². The topological polar surface area (TPSA) is 106 Å². The van der Waals surface area contributed by atoms with E-state index in [4.69, 9.17) is 9.47 Å². The van der Waals surface area contributed by atoms with E-state index in [9.17, 15) is 4.79 Å². The summed E-state index contributed by atoms with van der Waals surface area (Å²) in [5.41, 5.74) is 0.809. The van der Waals surface area contributed by atoms with Gasteiger partial charge in [0, 0.05) is 18.0 Å². The van der Waals surface area contributed by atoms with Crippen molar-refractivity contribution in [1.29, 1.82) is 0 Å². The molecule has 2 aromatic heterocycles. The Hall–Kier alpha value is -1.74. The molecule has 3 rings (SSSR count). The van der Waals surface area contributed by atoms with Gasteiger partial charge < -0.3 is 14.5 Å². The van der Waals surface area contributed by atoms with E-state index in [-0.39, 0.29) is 41.9 Å². The van der Waals surface area contributed by atoms with Crippen LogP contribution >= 0.6 is 0 Å². The van der Waals surface area contributed by atoms with Crippen LogP contribution < -0.4 is 10.3 Å². The van der Waals surface area contributed by atoms with Crippen molar-refractivity contribution < 1.29 is 9.47 Å². The van der Waals surface area contributed by atoms with E-state index in [1.165, 1.54) is 0 Å². The third-order valence-corrected chi connectivity index (χ3v) is 2.76. The molecule has 3 aromatic rings. The molecule has 0 amide bonds. The fraction of sp³-hybridized carbons (Fsp3) is 0.167. The molecule has 9 heteroatoms. The predicted molar refractivity (Wildman–Crippen MR) is 77.4 cm³/mol. The van der Waals surface area contributed by atoms with Gasteiger partial charge in [-0.25, -0.2) is 5.10 Å². The molecule has 0 unspecified atom stereocenters. The normalized spacial score (nSPS) is 10.3. The molecule has 1 aromatic carbocycles. The van der Waals surface area contributed by atoms with Crippen molar-refractivity contribution in [3.8, 4) is 17.1 Å². The number of ether oxygens (including phenoxy) is 2. The number of nitrogens with one attached hydrogen (secondary N) is 2. The first-order valence-corrected chi connectivity index (χ1v) is 5.81.